The molecule has 0 aromatic heterocycles. The first kappa shape index (κ1) is 14.0. The van der Waals surface area contributed by atoms with Gasteiger partial charge < -0.3 is 5.32 Å². The molecule has 1 rings (SSSR count). The summed E-state index contributed by atoms with van der Waals surface area (Å²) in [5.74, 6) is 0. The number of rotatable bonds is 3. The number of hydrogen-bond donors (Lipinski definition) is 1. The second kappa shape index (κ2) is 8.34. The summed E-state index contributed by atoms with van der Waals surface area (Å²) in [7, 11) is 1.99. The van der Waals surface area contributed by atoms with Crippen LogP contribution in [-0.4, -0.2) is 7.05 Å². The predicted octanol–water partition coefficient (Wildman–Crippen LogP) is 4.27. The average Bonchev–Trinajstić information content (AvgIpc) is 2.28. The average molecular weight is 207 g/mol. The minimum atomic E-state index is 1.10. The van der Waals surface area contributed by atoms with Crippen molar-refractivity contribution in [3.63, 3.8) is 0 Å². The van der Waals surface area contributed by atoms with Gasteiger partial charge in [0.1, 0.15) is 0 Å². The molecule has 0 aliphatic heterocycles. The SMILES string of the molecule is CCC.CCc1cccc(CC)c1NC. The summed E-state index contributed by atoms with van der Waals surface area (Å²) in [4.78, 5) is 0. The van der Waals surface area contributed by atoms with Crippen LogP contribution in [-0.2, 0) is 12.8 Å². The van der Waals surface area contributed by atoms with Gasteiger partial charge in [0.2, 0.25) is 0 Å². The zero-order chi connectivity index (χ0) is 11.7. The number of aryl methyl sites for hydroxylation is 2. The van der Waals surface area contributed by atoms with Gasteiger partial charge in [-0.1, -0.05) is 52.3 Å². The molecule has 0 aliphatic rings. The molecule has 0 unspecified atom stereocenters. The standard InChI is InChI=1S/C11H17N.C3H8/c1-4-9-7-6-8-10(5-2)11(9)12-3;1-3-2/h6-8,12H,4-5H2,1-3H3;3H2,1-2H3. The Hall–Kier alpha value is -0.980. The lowest BCUT2D eigenvalue weighted by Gasteiger charge is -2.11. The molecule has 0 aliphatic carbocycles. The minimum absolute atomic E-state index is 1.10. The van der Waals surface area contributed by atoms with Gasteiger partial charge in [-0.2, -0.15) is 0 Å². The van der Waals surface area contributed by atoms with Crippen LogP contribution < -0.4 is 5.32 Å². The van der Waals surface area contributed by atoms with Crippen LogP contribution in [0.5, 0.6) is 0 Å². The van der Waals surface area contributed by atoms with Gasteiger partial charge in [-0.15, -0.1) is 0 Å². The number of hydrogen-bond acceptors (Lipinski definition) is 1. The molecule has 0 radical (unpaired) electrons. The fraction of sp³-hybridized carbons (Fsp3) is 0.571. The Balaban J connectivity index is 0.000000583. The number of benzene rings is 1. The highest BCUT2D eigenvalue weighted by Crippen LogP contribution is 2.21. The molecule has 1 heteroatoms. The topological polar surface area (TPSA) is 12.0 Å². The van der Waals surface area contributed by atoms with Crippen molar-refractivity contribution < 1.29 is 0 Å². The normalized spacial score (nSPS) is 9.13. The van der Waals surface area contributed by atoms with E-state index in [-0.39, 0.29) is 0 Å². The van der Waals surface area contributed by atoms with Crippen molar-refractivity contribution in [2.45, 2.75) is 47.0 Å². The third-order valence-corrected chi connectivity index (χ3v) is 2.25. The van der Waals surface area contributed by atoms with Gasteiger partial charge in [-0.05, 0) is 24.0 Å². The quantitative estimate of drug-likeness (QED) is 0.780. The maximum absolute atomic E-state index is 3.27. The van der Waals surface area contributed by atoms with Crippen LogP contribution in [0.1, 0.15) is 45.2 Å². The Kier molecular flexibility index (Phi) is 7.79. The fourth-order valence-corrected chi connectivity index (χ4v) is 1.56. The summed E-state index contributed by atoms with van der Waals surface area (Å²) in [6.45, 7) is 8.63. The van der Waals surface area contributed by atoms with Crippen molar-refractivity contribution in [1.82, 2.24) is 0 Å². The molecule has 0 heterocycles. The highest BCUT2D eigenvalue weighted by Gasteiger charge is 2.02. The van der Waals surface area contributed by atoms with Crippen molar-refractivity contribution in [3.8, 4) is 0 Å². The van der Waals surface area contributed by atoms with Gasteiger partial charge in [0.15, 0.2) is 0 Å². The maximum Gasteiger partial charge on any atom is 0.0402 e. The highest BCUT2D eigenvalue weighted by atomic mass is 14.8. The summed E-state index contributed by atoms with van der Waals surface area (Å²) in [5.41, 5.74) is 4.15. The Bertz CT molecular complexity index is 244. The molecular formula is C14H25N. The lowest BCUT2D eigenvalue weighted by Crippen LogP contribution is -1.98. The molecule has 0 spiro atoms. The summed E-state index contributed by atoms with van der Waals surface area (Å²) in [6, 6.07) is 6.51. The Morgan fingerprint density at radius 2 is 1.33 bits per heavy atom. The lowest BCUT2D eigenvalue weighted by molar-refractivity contribution is 1.08. The third kappa shape index (κ3) is 4.37. The second-order valence-corrected chi connectivity index (χ2v) is 3.62. The van der Waals surface area contributed by atoms with E-state index in [0.717, 1.165) is 12.8 Å². The van der Waals surface area contributed by atoms with Crippen molar-refractivity contribution in [2.24, 2.45) is 0 Å². The van der Waals surface area contributed by atoms with Crippen molar-refractivity contribution in [2.75, 3.05) is 12.4 Å². The molecule has 0 bridgehead atoms. The van der Waals surface area contributed by atoms with E-state index in [1.807, 2.05) is 7.05 Å². The minimum Gasteiger partial charge on any atom is -0.388 e. The van der Waals surface area contributed by atoms with E-state index in [0.29, 0.717) is 0 Å². The van der Waals surface area contributed by atoms with Gasteiger partial charge in [0.05, 0.1) is 0 Å². The van der Waals surface area contributed by atoms with Gasteiger partial charge in [0, 0.05) is 12.7 Å². The summed E-state index contributed by atoms with van der Waals surface area (Å²) < 4.78 is 0. The van der Waals surface area contributed by atoms with E-state index in [1.165, 1.54) is 23.2 Å². The first-order valence-electron chi connectivity index (χ1n) is 6.03. The molecule has 86 valence electrons. The Morgan fingerprint density at radius 1 is 0.933 bits per heavy atom. The largest absolute Gasteiger partial charge is 0.388 e. The number of anilines is 1. The van der Waals surface area contributed by atoms with Crippen LogP contribution in [0, 0.1) is 0 Å². The second-order valence-electron chi connectivity index (χ2n) is 3.62. The van der Waals surface area contributed by atoms with Crippen LogP contribution in [0.25, 0.3) is 0 Å². The molecular weight excluding hydrogens is 182 g/mol. The molecule has 0 fully saturated rings. The highest BCUT2D eigenvalue weighted by molar-refractivity contribution is 5.57. The molecule has 0 saturated carbocycles. The van der Waals surface area contributed by atoms with Crippen molar-refractivity contribution in [1.29, 1.82) is 0 Å². The number of para-hydroxylation sites is 1. The van der Waals surface area contributed by atoms with Crippen LogP contribution in [0.3, 0.4) is 0 Å². The van der Waals surface area contributed by atoms with Crippen LogP contribution in [0.2, 0.25) is 0 Å². The third-order valence-electron chi connectivity index (χ3n) is 2.25. The monoisotopic (exact) mass is 207 g/mol. The van der Waals surface area contributed by atoms with E-state index >= 15 is 0 Å². The summed E-state index contributed by atoms with van der Waals surface area (Å²) in [6.07, 6.45) is 3.45. The predicted molar refractivity (Wildman–Crippen MR) is 70.7 cm³/mol. The molecule has 1 nitrogen and oxygen atoms in total. The van der Waals surface area contributed by atoms with Gasteiger partial charge >= 0.3 is 0 Å². The zero-order valence-corrected chi connectivity index (χ0v) is 10.9. The van der Waals surface area contributed by atoms with E-state index < -0.39 is 0 Å². The molecule has 0 atom stereocenters. The summed E-state index contributed by atoms with van der Waals surface area (Å²) in [5, 5.41) is 3.27. The number of nitrogens with one attached hydrogen (secondary N) is 1. The molecule has 1 N–H and O–H groups in total. The molecule has 15 heavy (non-hydrogen) atoms. The van der Waals surface area contributed by atoms with Crippen LogP contribution >= 0.6 is 0 Å². The molecule has 0 amide bonds. The van der Waals surface area contributed by atoms with E-state index in [4.69, 9.17) is 0 Å². The van der Waals surface area contributed by atoms with E-state index in [1.54, 1.807) is 0 Å². The van der Waals surface area contributed by atoms with Gasteiger partial charge in [0.25, 0.3) is 0 Å². The Labute approximate surface area is 94.9 Å². The first-order chi connectivity index (χ1) is 7.24. The van der Waals surface area contributed by atoms with Gasteiger partial charge in [-0.3, -0.25) is 0 Å². The van der Waals surface area contributed by atoms with Crippen LogP contribution in [0.4, 0.5) is 5.69 Å². The lowest BCUT2D eigenvalue weighted by atomic mass is 10.0. The van der Waals surface area contributed by atoms with Crippen molar-refractivity contribution in [3.05, 3.63) is 29.3 Å². The van der Waals surface area contributed by atoms with Crippen LogP contribution in [0.15, 0.2) is 18.2 Å². The Morgan fingerprint density at radius 3 is 1.60 bits per heavy atom. The zero-order valence-electron chi connectivity index (χ0n) is 10.9. The maximum atomic E-state index is 3.27. The fourth-order valence-electron chi connectivity index (χ4n) is 1.56. The summed E-state index contributed by atoms with van der Waals surface area (Å²) >= 11 is 0. The van der Waals surface area contributed by atoms with E-state index in [9.17, 15) is 0 Å². The first-order valence-corrected chi connectivity index (χ1v) is 6.03. The molecule has 0 saturated heterocycles. The molecule has 1 aromatic rings. The molecule has 1 aromatic carbocycles. The smallest absolute Gasteiger partial charge is 0.0402 e. The van der Waals surface area contributed by atoms with Crippen molar-refractivity contribution >= 4 is 5.69 Å². The van der Waals surface area contributed by atoms with Gasteiger partial charge in [-0.25, -0.2) is 0 Å². The van der Waals surface area contributed by atoms with E-state index in [2.05, 4.69) is 51.2 Å².